The molecule has 0 spiro atoms. The summed E-state index contributed by atoms with van der Waals surface area (Å²) in [4.78, 5) is 18.0. The van der Waals surface area contributed by atoms with Crippen LogP contribution < -0.4 is 0 Å². The summed E-state index contributed by atoms with van der Waals surface area (Å²) in [7, 11) is 8.00. The number of carbonyl (C=O) groups excluding carboxylic acids is 1. The van der Waals surface area contributed by atoms with Gasteiger partial charge in [0.05, 0.1) is 32.8 Å². The fraction of sp³-hybridized carbons (Fsp3) is 0.938. The monoisotopic (exact) mass is 317 g/mol. The second kappa shape index (κ2) is 13.9. The van der Waals surface area contributed by atoms with Gasteiger partial charge in [-0.05, 0) is 40.7 Å². The zero-order chi connectivity index (χ0) is 16.8. The van der Waals surface area contributed by atoms with Crippen LogP contribution in [0.3, 0.4) is 0 Å². The van der Waals surface area contributed by atoms with Crippen molar-refractivity contribution >= 4 is 5.91 Å². The summed E-state index contributed by atoms with van der Waals surface area (Å²) in [6.07, 6.45) is 1.44. The van der Waals surface area contributed by atoms with Crippen molar-refractivity contribution in [3.8, 4) is 0 Å². The van der Waals surface area contributed by atoms with Gasteiger partial charge >= 0.3 is 0 Å². The number of amides is 1. The van der Waals surface area contributed by atoms with E-state index in [0.29, 0.717) is 26.2 Å². The fourth-order valence-corrected chi connectivity index (χ4v) is 1.80. The molecule has 0 aromatic heterocycles. The average Bonchev–Trinajstić information content (AvgIpc) is 2.48. The van der Waals surface area contributed by atoms with Crippen LogP contribution in [0.2, 0.25) is 0 Å². The summed E-state index contributed by atoms with van der Waals surface area (Å²) in [5, 5.41) is 0. The van der Waals surface area contributed by atoms with Crippen molar-refractivity contribution in [1.29, 1.82) is 0 Å². The zero-order valence-corrected chi connectivity index (χ0v) is 15.1. The lowest BCUT2D eigenvalue weighted by Gasteiger charge is -2.18. The Morgan fingerprint density at radius 2 is 1.50 bits per heavy atom. The molecule has 0 rings (SSSR count). The fourth-order valence-electron chi connectivity index (χ4n) is 1.80. The first-order valence-corrected chi connectivity index (χ1v) is 8.20. The van der Waals surface area contributed by atoms with Gasteiger partial charge in [-0.3, -0.25) is 4.79 Å². The van der Waals surface area contributed by atoms with Crippen LogP contribution in [-0.4, -0.2) is 101 Å². The van der Waals surface area contributed by atoms with Crippen molar-refractivity contribution in [3.05, 3.63) is 0 Å². The van der Waals surface area contributed by atoms with Gasteiger partial charge in [-0.25, -0.2) is 0 Å². The highest BCUT2D eigenvalue weighted by Gasteiger charge is 2.08. The lowest BCUT2D eigenvalue weighted by molar-refractivity contribution is -0.131. The molecule has 0 unspecified atom stereocenters. The number of ether oxygens (including phenoxy) is 2. The maximum absolute atomic E-state index is 11.9. The lowest BCUT2D eigenvalue weighted by atomic mass is 10.3. The molecule has 0 aliphatic rings. The molecule has 0 aromatic rings. The smallest absolute Gasteiger partial charge is 0.224 e. The molecule has 22 heavy (non-hydrogen) atoms. The first-order chi connectivity index (χ1) is 10.5. The van der Waals surface area contributed by atoms with E-state index in [9.17, 15) is 4.79 Å². The Balaban J connectivity index is 3.41. The van der Waals surface area contributed by atoms with Gasteiger partial charge in [0.1, 0.15) is 0 Å². The van der Waals surface area contributed by atoms with Gasteiger partial charge < -0.3 is 24.2 Å². The molecular weight excluding hydrogens is 282 g/mol. The van der Waals surface area contributed by atoms with Gasteiger partial charge in [0.15, 0.2) is 0 Å². The van der Waals surface area contributed by atoms with E-state index in [1.54, 1.807) is 4.90 Å². The summed E-state index contributed by atoms with van der Waals surface area (Å²) >= 11 is 0. The molecule has 0 N–H and O–H groups in total. The largest absolute Gasteiger partial charge is 0.379 e. The Labute approximate surface area is 136 Å². The molecular formula is C16H35N3O3. The molecule has 0 fully saturated rings. The number of likely N-dealkylation sites (N-methyl/N-ethyl adjacent to an activating group) is 1. The maximum Gasteiger partial charge on any atom is 0.224 e. The normalized spacial score (nSPS) is 11.4. The molecule has 6 nitrogen and oxygen atoms in total. The molecule has 0 saturated heterocycles. The third-order valence-corrected chi connectivity index (χ3v) is 3.51. The van der Waals surface area contributed by atoms with E-state index in [1.165, 1.54) is 0 Å². The van der Waals surface area contributed by atoms with Gasteiger partial charge in [0.2, 0.25) is 5.91 Å². The highest BCUT2D eigenvalue weighted by atomic mass is 16.5. The van der Waals surface area contributed by atoms with Gasteiger partial charge in [-0.2, -0.15) is 0 Å². The SMILES string of the molecule is CCN(C)CCOCCOCCC(=O)N(C)CCCN(C)C. The van der Waals surface area contributed by atoms with Gasteiger partial charge in [-0.1, -0.05) is 6.92 Å². The van der Waals surface area contributed by atoms with Crippen LogP contribution in [0.1, 0.15) is 19.8 Å². The van der Waals surface area contributed by atoms with Crippen molar-refractivity contribution in [2.45, 2.75) is 19.8 Å². The summed E-state index contributed by atoms with van der Waals surface area (Å²) in [5.41, 5.74) is 0. The minimum Gasteiger partial charge on any atom is -0.379 e. The van der Waals surface area contributed by atoms with Gasteiger partial charge in [-0.15, -0.1) is 0 Å². The van der Waals surface area contributed by atoms with Crippen LogP contribution in [0.5, 0.6) is 0 Å². The summed E-state index contributed by atoms with van der Waals surface area (Å²) in [6, 6.07) is 0. The number of carbonyl (C=O) groups is 1. The highest BCUT2D eigenvalue weighted by molar-refractivity contribution is 5.75. The number of nitrogens with zero attached hydrogens (tertiary/aromatic N) is 3. The van der Waals surface area contributed by atoms with E-state index in [-0.39, 0.29) is 5.91 Å². The van der Waals surface area contributed by atoms with Crippen molar-refractivity contribution < 1.29 is 14.3 Å². The number of hydrogen-bond donors (Lipinski definition) is 0. The minimum absolute atomic E-state index is 0.143. The van der Waals surface area contributed by atoms with Crippen LogP contribution >= 0.6 is 0 Å². The summed E-state index contributed by atoms with van der Waals surface area (Å²) in [5.74, 6) is 0.143. The minimum atomic E-state index is 0.143. The van der Waals surface area contributed by atoms with Crippen LogP contribution in [0.25, 0.3) is 0 Å². The third-order valence-electron chi connectivity index (χ3n) is 3.51. The Bertz CT molecular complexity index is 275. The second-order valence-electron chi connectivity index (χ2n) is 5.84. The molecule has 0 atom stereocenters. The molecule has 0 aliphatic heterocycles. The molecule has 0 bridgehead atoms. The zero-order valence-electron chi connectivity index (χ0n) is 15.1. The third kappa shape index (κ3) is 13.0. The Hall–Kier alpha value is -0.690. The summed E-state index contributed by atoms with van der Waals surface area (Å²) < 4.78 is 10.9. The molecule has 1 amide bonds. The van der Waals surface area contributed by atoms with E-state index in [0.717, 1.165) is 39.2 Å². The standard InChI is InChI=1S/C16H35N3O3/c1-6-18(4)11-13-22-15-14-21-12-8-16(20)19(5)10-7-9-17(2)3/h6-15H2,1-5H3. The predicted molar refractivity (Wildman–Crippen MR) is 90.2 cm³/mol. The molecule has 132 valence electrons. The molecule has 6 heteroatoms. The molecule has 0 aromatic carbocycles. The highest BCUT2D eigenvalue weighted by Crippen LogP contribution is 1.95. The Morgan fingerprint density at radius 3 is 2.09 bits per heavy atom. The number of rotatable bonds is 14. The first-order valence-electron chi connectivity index (χ1n) is 8.20. The van der Waals surface area contributed by atoms with Crippen molar-refractivity contribution in [1.82, 2.24) is 14.7 Å². The first kappa shape index (κ1) is 21.3. The lowest BCUT2D eigenvalue weighted by Crippen LogP contribution is -2.30. The second-order valence-corrected chi connectivity index (χ2v) is 5.84. The van der Waals surface area contributed by atoms with Crippen molar-refractivity contribution in [2.24, 2.45) is 0 Å². The van der Waals surface area contributed by atoms with Crippen LogP contribution in [0.4, 0.5) is 0 Å². The Kier molecular flexibility index (Phi) is 13.5. The molecule has 0 heterocycles. The van der Waals surface area contributed by atoms with Crippen LogP contribution in [-0.2, 0) is 14.3 Å². The van der Waals surface area contributed by atoms with E-state index in [2.05, 4.69) is 23.8 Å². The van der Waals surface area contributed by atoms with Crippen LogP contribution in [0.15, 0.2) is 0 Å². The quantitative estimate of drug-likeness (QED) is 0.443. The van der Waals surface area contributed by atoms with E-state index in [4.69, 9.17) is 9.47 Å². The van der Waals surface area contributed by atoms with E-state index < -0.39 is 0 Å². The van der Waals surface area contributed by atoms with Gasteiger partial charge in [0, 0.05) is 20.1 Å². The van der Waals surface area contributed by atoms with Crippen molar-refractivity contribution in [2.75, 3.05) is 80.8 Å². The molecule has 0 radical (unpaired) electrons. The maximum atomic E-state index is 11.9. The summed E-state index contributed by atoms with van der Waals surface area (Å²) in [6.45, 7) is 8.21. The van der Waals surface area contributed by atoms with Crippen LogP contribution in [0, 0.1) is 0 Å². The Morgan fingerprint density at radius 1 is 0.864 bits per heavy atom. The average molecular weight is 317 g/mol. The molecule has 0 saturated carbocycles. The predicted octanol–water partition coefficient (Wildman–Crippen LogP) is 0.772. The molecule has 0 aliphatic carbocycles. The number of hydrogen-bond acceptors (Lipinski definition) is 5. The van der Waals surface area contributed by atoms with Crippen molar-refractivity contribution in [3.63, 3.8) is 0 Å². The van der Waals surface area contributed by atoms with E-state index >= 15 is 0 Å². The topological polar surface area (TPSA) is 45.3 Å². The van der Waals surface area contributed by atoms with Gasteiger partial charge in [0.25, 0.3) is 0 Å². The van der Waals surface area contributed by atoms with E-state index in [1.807, 2.05) is 21.1 Å².